The summed E-state index contributed by atoms with van der Waals surface area (Å²) in [6.07, 6.45) is -4.80. The third-order valence-corrected chi connectivity index (χ3v) is 4.72. The second-order valence-electron chi connectivity index (χ2n) is 4.37. The summed E-state index contributed by atoms with van der Waals surface area (Å²) in [6, 6.07) is 5.16. The highest BCUT2D eigenvalue weighted by atomic mass is 35.5. The molecule has 1 N–H and O–H groups in total. The molecule has 0 amide bonds. The summed E-state index contributed by atoms with van der Waals surface area (Å²) >= 11 is 11.0. The zero-order valence-electron chi connectivity index (χ0n) is 11.0. The predicted molar refractivity (Wildman–Crippen MR) is 78.7 cm³/mol. The molecule has 2 aromatic rings. The molecule has 0 aliphatic heterocycles. The zero-order valence-corrected chi connectivity index (χ0v) is 13.3. The maximum atomic E-state index is 13.0. The molecule has 0 unspecified atom stereocenters. The van der Waals surface area contributed by atoms with Crippen molar-refractivity contribution in [2.75, 3.05) is 4.72 Å². The molecular weight excluding hydrogens is 381 g/mol. The number of halogens is 6. The Balaban J connectivity index is 2.42. The summed E-state index contributed by atoms with van der Waals surface area (Å²) in [4.78, 5) is -0.644. The Hall–Kier alpha value is -1.51. The van der Waals surface area contributed by atoms with Crippen molar-refractivity contribution in [3.05, 3.63) is 57.8 Å². The van der Waals surface area contributed by atoms with Gasteiger partial charge in [0.15, 0.2) is 0 Å². The second-order valence-corrected chi connectivity index (χ2v) is 6.87. The Labute approximate surface area is 138 Å². The Morgan fingerprint density at radius 3 is 2.17 bits per heavy atom. The molecule has 23 heavy (non-hydrogen) atoms. The summed E-state index contributed by atoms with van der Waals surface area (Å²) in [5.74, 6) is -0.763. The first kappa shape index (κ1) is 17.8. The van der Waals surface area contributed by atoms with Crippen molar-refractivity contribution in [2.24, 2.45) is 0 Å². The van der Waals surface area contributed by atoms with Crippen LogP contribution in [-0.2, 0) is 16.2 Å². The quantitative estimate of drug-likeness (QED) is 0.757. The van der Waals surface area contributed by atoms with Crippen LogP contribution < -0.4 is 4.72 Å². The van der Waals surface area contributed by atoms with Crippen molar-refractivity contribution in [3.63, 3.8) is 0 Å². The number of benzene rings is 2. The van der Waals surface area contributed by atoms with Gasteiger partial charge in [0, 0.05) is 0 Å². The highest BCUT2D eigenvalue weighted by Crippen LogP contribution is 2.36. The molecule has 0 aliphatic rings. The van der Waals surface area contributed by atoms with Crippen LogP contribution in [0.25, 0.3) is 0 Å². The molecule has 3 nitrogen and oxygen atoms in total. The average molecular weight is 388 g/mol. The van der Waals surface area contributed by atoms with E-state index in [0.717, 1.165) is 30.3 Å². The van der Waals surface area contributed by atoms with E-state index < -0.39 is 37.5 Å². The van der Waals surface area contributed by atoms with Gasteiger partial charge in [0.2, 0.25) is 0 Å². The largest absolute Gasteiger partial charge is 0.417 e. The molecule has 0 saturated heterocycles. The van der Waals surface area contributed by atoms with Gasteiger partial charge in [-0.15, -0.1) is 0 Å². The van der Waals surface area contributed by atoms with Crippen LogP contribution in [-0.4, -0.2) is 8.42 Å². The highest BCUT2D eigenvalue weighted by Gasteiger charge is 2.34. The first-order chi connectivity index (χ1) is 10.5. The molecule has 124 valence electrons. The number of anilines is 1. The first-order valence-electron chi connectivity index (χ1n) is 5.85. The first-order valence-corrected chi connectivity index (χ1v) is 8.09. The van der Waals surface area contributed by atoms with Crippen LogP contribution in [0.2, 0.25) is 10.0 Å². The molecular formula is C13H7Cl2F4NO2S. The predicted octanol–water partition coefficient (Wildman–Crippen LogP) is 4.95. The topological polar surface area (TPSA) is 46.2 Å². The van der Waals surface area contributed by atoms with E-state index in [2.05, 4.69) is 0 Å². The van der Waals surface area contributed by atoms with Gasteiger partial charge in [0.25, 0.3) is 10.0 Å². The molecule has 2 rings (SSSR count). The summed E-state index contributed by atoms with van der Waals surface area (Å²) in [6.45, 7) is 0. The highest BCUT2D eigenvalue weighted by molar-refractivity contribution is 7.92. The van der Waals surface area contributed by atoms with Crippen LogP contribution in [0, 0.1) is 5.82 Å². The van der Waals surface area contributed by atoms with Crippen LogP contribution in [0.1, 0.15) is 5.56 Å². The number of sulfonamides is 1. The lowest BCUT2D eigenvalue weighted by molar-refractivity contribution is -0.137. The minimum absolute atomic E-state index is 0.0973. The fourth-order valence-electron chi connectivity index (χ4n) is 1.66. The van der Waals surface area contributed by atoms with Crippen LogP contribution >= 0.6 is 23.2 Å². The third-order valence-electron chi connectivity index (χ3n) is 2.73. The van der Waals surface area contributed by atoms with Gasteiger partial charge in [-0.3, -0.25) is 4.72 Å². The smallest absolute Gasteiger partial charge is 0.280 e. The minimum atomic E-state index is -4.80. The lowest BCUT2D eigenvalue weighted by Gasteiger charge is -2.12. The molecule has 0 aliphatic carbocycles. The van der Waals surface area contributed by atoms with Gasteiger partial charge in [-0.25, -0.2) is 12.8 Å². The SMILES string of the molecule is O=S(=O)(Nc1ccc(F)c(Cl)c1)c1ccc(Cl)c(C(F)(F)F)c1. The summed E-state index contributed by atoms with van der Waals surface area (Å²) in [5, 5.41) is -0.960. The van der Waals surface area contributed by atoms with Crippen molar-refractivity contribution in [2.45, 2.75) is 11.1 Å². The van der Waals surface area contributed by atoms with E-state index in [1.807, 2.05) is 4.72 Å². The second kappa shape index (κ2) is 6.18. The van der Waals surface area contributed by atoms with Crippen molar-refractivity contribution < 1.29 is 26.0 Å². The van der Waals surface area contributed by atoms with Crippen molar-refractivity contribution in [1.29, 1.82) is 0 Å². The fraction of sp³-hybridized carbons (Fsp3) is 0.0769. The van der Waals surface area contributed by atoms with Gasteiger partial charge < -0.3 is 0 Å². The van der Waals surface area contributed by atoms with E-state index in [4.69, 9.17) is 23.2 Å². The maximum Gasteiger partial charge on any atom is 0.417 e. The normalized spacial score (nSPS) is 12.3. The number of alkyl halides is 3. The van der Waals surface area contributed by atoms with Gasteiger partial charge in [0.05, 0.1) is 26.2 Å². The molecule has 0 aromatic heterocycles. The van der Waals surface area contributed by atoms with Crippen LogP contribution in [0.5, 0.6) is 0 Å². The van der Waals surface area contributed by atoms with Gasteiger partial charge in [0.1, 0.15) is 5.82 Å². The lowest BCUT2D eigenvalue weighted by Crippen LogP contribution is -2.15. The molecule has 0 heterocycles. The van der Waals surface area contributed by atoms with Crippen molar-refractivity contribution in [1.82, 2.24) is 0 Å². The molecule has 0 bridgehead atoms. The molecule has 10 heteroatoms. The third kappa shape index (κ3) is 4.07. The van der Waals surface area contributed by atoms with Crippen molar-refractivity contribution >= 4 is 38.9 Å². The Morgan fingerprint density at radius 1 is 0.957 bits per heavy atom. The van der Waals surface area contributed by atoms with Gasteiger partial charge in [-0.1, -0.05) is 23.2 Å². The van der Waals surface area contributed by atoms with Crippen LogP contribution in [0.4, 0.5) is 23.2 Å². The average Bonchev–Trinajstić information content (AvgIpc) is 2.41. The molecule has 0 fully saturated rings. The van der Waals surface area contributed by atoms with Gasteiger partial charge in [-0.05, 0) is 36.4 Å². The van der Waals surface area contributed by atoms with E-state index in [-0.39, 0.29) is 10.7 Å². The Morgan fingerprint density at radius 2 is 1.61 bits per heavy atom. The standard InChI is InChI=1S/C13H7Cl2F4NO2S/c14-10-3-2-8(6-9(10)13(17,18)19)23(21,22)20-7-1-4-12(16)11(15)5-7/h1-6,20H. The summed E-state index contributed by atoms with van der Waals surface area (Å²) in [5.41, 5.74) is -1.38. The molecule has 0 spiro atoms. The molecule has 0 saturated carbocycles. The fourth-order valence-corrected chi connectivity index (χ4v) is 3.14. The Kier molecular flexibility index (Phi) is 4.79. The monoisotopic (exact) mass is 387 g/mol. The van der Waals surface area contributed by atoms with E-state index in [9.17, 15) is 26.0 Å². The number of hydrogen-bond acceptors (Lipinski definition) is 2. The minimum Gasteiger partial charge on any atom is -0.280 e. The zero-order chi connectivity index (χ0) is 17.4. The number of nitrogens with one attached hydrogen (secondary N) is 1. The molecule has 0 atom stereocenters. The van der Waals surface area contributed by atoms with E-state index >= 15 is 0 Å². The van der Waals surface area contributed by atoms with Crippen molar-refractivity contribution in [3.8, 4) is 0 Å². The lowest BCUT2D eigenvalue weighted by atomic mass is 10.2. The number of hydrogen-bond donors (Lipinski definition) is 1. The van der Waals surface area contributed by atoms with E-state index in [1.165, 1.54) is 0 Å². The van der Waals surface area contributed by atoms with Gasteiger partial charge >= 0.3 is 6.18 Å². The number of rotatable bonds is 3. The summed E-state index contributed by atoms with van der Waals surface area (Å²) < 4.78 is 77.7. The summed E-state index contributed by atoms with van der Waals surface area (Å²) in [7, 11) is -4.33. The van der Waals surface area contributed by atoms with E-state index in [0.29, 0.717) is 6.07 Å². The van der Waals surface area contributed by atoms with Crippen LogP contribution in [0.15, 0.2) is 41.3 Å². The van der Waals surface area contributed by atoms with Gasteiger partial charge in [-0.2, -0.15) is 13.2 Å². The van der Waals surface area contributed by atoms with E-state index in [1.54, 1.807) is 0 Å². The Bertz CT molecular complexity index is 854. The molecule has 2 aromatic carbocycles. The van der Waals surface area contributed by atoms with Crippen LogP contribution in [0.3, 0.4) is 0 Å². The maximum absolute atomic E-state index is 13.0. The molecule has 0 radical (unpaired) electrons.